The quantitative estimate of drug-likeness (QED) is 0.137. The highest BCUT2D eigenvalue weighted by molar-refractivity contribution is 6.12. The second kappa shape index (κ2) is 11.8. The summed E-state index contributed by atoms with van der Waals surface area (Å²) in [6.45, 7) is 10.9. The molecular formula is C42H40O8. The SMILES string of the molecule is Cc1c(O)c(C(=O)C=Cc2ccccc2)c2c(c1O)C1Oc3c(C)c(O)c(C(=O)C=Cc4ccccc4)c4c3C(CC(C)(C)O4)C1C(C)(C)O2. The van der Waals surface area contributed by atoms with E-state index in [1.165, 1.54) is 12.2 Å². The van der Waals surface area contributed by atoms with Crippen LogP contribution in [0, 0.1) is 19.8 Å². The molecule has 0 aromatic heterocycles. The molecule has 4 aromatic rings. The zero-order valence-electron chi connectivity index (χ0n) is 28.9. The Bertz CT molecular complexity index is 2110. The van der Waals surface area contributed by atoms with Crippen molar-refractivity contribution >= 4 is 23.7 Å². The number of ketones is 2. The molecule has 3 atom stereocenters. The Morgan fingerprint density at radius 3 is 1.72 bits per heavy atom. The average Bonchev–Trinajstić information content (AvgIpc) is 3.07. The first-order valence-electron chi connectivity index (χ1n) is 16.8. The van der Waals surface area contributed by atoms with Crippen molar-refractivity contribution in [2.24, 2.45) is 5.92 Å². The number of ether oxygens (including phenoxy) is 3. The number of carbonyl (C=O) groups is 2. The van der Waals surface area contributed by atoms with E-state index in [1.807, 2.05) is 88.4 Å². The van der Waals surface area contributed by atoms with Crippen LogP contribution in [0.25, 0.3) is 12.2 Å². The van der Waals surface area contributed by atoms with Gasteiger partial charge in [-0.1, -0.05) is 72.8 Å². The number of phenols is 3. The van der Waals surface area contributed by atoms with Crippen molar-refractivity contribution in [1.82, 2.24) is 0 Å². The van der Waals surface area contributed by atoms with Gasteiger partial charge in [-0.3, -0.25) is 9.59 Å². The second-order valence-corrected chi connectivity index (χ2v) is 14.5. The Morgan fingerprint density at radius 1 is 0.680 bits per heavy atom. The van der Waals surface area contributed by atoms with Gasteiger partial charge in [0.2, 0.25) is 0 Å². The largest absolute Gasteiger partial charge is 0.507 e. The first-order valence-corrected chi connectivity index (χ1v) is 16.8. The number of phenolic OH excluding ortho intramolecular Hbond substituents is 3. The van der Waals surface area contributed by atoms with Gasteiger partial charge in [0, 0.05) is 28.5 Å². The first kappa shape index (κ1) is 33.0. The Labute approximate surface area is 291 Å². The molecule has 0 fully saturated rings. The lowest BCUT2D eigenvalue weighted by Crippen LogP contribution is -2.53. The van der Waals surface area contributed by atoms with Crippen molar-refractivity contribution in [2.45, 2.75) is 71.2 Å². The van der Waals surface area contributed by atoms with E-state index < -0.39 is 34.8 Å². The number of allylic oxidation sites excluding steroid dienone is 2. The van der Waals surface area contributed by atoms with Crippen LogP contribution in [0.5, 0.6) is 34.5 Å². The molecule has 0 amide bonds. The molecule has 50 heavy (non-hydrogen) atoms. The molecule has 0 saturated carbocycles. The van der Waals surface area contributed by atoms with Gasteiger partial charge in [-0.05, 0) is 71.2 Å². The molecule has 0 bridgehead atoms. The number of benzene rings is 4. The third-order valence-electron chi connectivity index (χ3n) is 10.2. The number of rotatable bonds is 6. The Kier molecular flexibility index (Phi) is 7.81. The summed E-state index contributed by atoms with van der Waals surface area (Å²) in [6.07, 6.45) is 5.84. The zero-order chi connectivity index (χ0) is 35.7. The highest BCUT2D eigenvalue weighted by Gasteiger charge is 2.58. The van der Waals surface area contributed by atoms with Gasteiger partial charge < -0.3 is 29.5 Å². The predicted molar refractivity (Wildman–Crippen MR) is 191 cm³/mol. The van der Waals surface area contributed by atoms with Gasteiger partial charge >= 0.3 is 0 Å². The lowest BCUT2D eigenvalue weighted by Gasteiger charge is -2.54. The monoisotopic (exact) mass is 672 g/mol. The minimum Gasteiger partial charge on any atom is -0.507 e. The molecule has 0 aliphatic carbocycles. The summed E-state index contributed by atoms with van der Waals surface area (Å²) in [6, 6.07) is 18.7. The van der Waals surface area contributed by atoms with Gasteiger partial charge in [0.1, 0.15) is 62.9 Å². The number of aromatic hydroxyl groups is 3. The van der Waals surface area contributed by atoms with Crippen molar-refractivity contribution in [1.29, 1.82) is 0 Å². The first-order chi connectivity index (χ1) is 23.7. The van der Waals surface area contributed by atoms with E-state index >= 15 is 0 Å². The van der Waals surface area contributed by atoms with Gasteiger partial charge in [0.05, 0.1) is 5.56 Å². The topological polar surface area (TPSA) is 123 Å². The molecule has 8 nitrogen and oxygen atoms in total. The summed E-state index contributed by atoms with van der Waals surface area (Å²) in [4.78, 5) is 27.7. The number of fused-ring (bicyclic) bond motifs is 4. The third-order valence-corrected chi connectivity index (χ3v) is 10.2. The fraction of sp³-hybridized carbons (Fsp3) is 0.286. The molecule has 3 aliphatic rings. The van der Waals surface area contributed by atoms with Crippen LogP contribution >= 0.6 is 0 Å². The predicted octanol–water partition coefficient (Wildman–Crippen LogP) is 8.78. The van der Waals surface area contributed by atoms with E-state index in [0.717, 1.165) is 11.1 Å². The average molecular weight is 673 g/mol. The molecule has 3 heterocycles. The van der Waals surface area contributed by atoms with E-state index in [2.05, 4.69) is 0 Å². The maximum atomic E-state index is 13.8. The Morgan fingerprint density at radius 2 is 1.18 bits per heavy atom. The van der Waals surface area contributed by atoms with Crippen LogP contribution in [0.3, 0.4) is 0 Å². The standard InChI is InChI=1S/C42H40O8/c1-22-34(45)30(27(43)19-17-24-13-9-7-10-14-24)39-32(35(22)46)40-33(42(5,6)50-39)26-21-41(3,4)49-38-29(26)37(48-40)23(2)36(47)31(38)28(44)20-18-25-15-11-8-12-16-25/h7-20,26,33,40,45-47H,21H2,1-6H3. The van der Waals surface area contributed by atoms with Crippen LogP contribution in [-0.4, -0.2) is 38.1 Å². The smallest absolute Gasteiger partial charge is 0.193 e. The Balaban J connectivity index is 1.40. The fourth-order valence-corrected chi connectivity index (χ4v) is 7.84. The van der Waals surface area contributed by atoms with E-state index in [-0.39, 0.29) is 56.9 Å². The molecule has 4 aromatic carbocycles. The third kappa shape index (κ3) is 5.30. The van der Waals surface area contributed by atoms with Crippen molar-refractivity contribution in [3.05, 3.63) is 117 Å². The van der Waals surface area contributed by atoms with E-state index in [9.17, 15) is 24.9 Å². The highest BCUT2D eigenvalue weighted by Crippen LogP contribution is 2.66. The van der Waals surface area contributed by atoms with Gasteiger partial charge in [-0.2, -0.15) is 0 Å². The normalized spacial score (nSPS) is 21.0. The summed E-state index contributed by atoms with van der Waals surface area (Å²) in [7, 11) is 0. The molecule has 3 unspecified atom stereocenters. The van der Waals surface area contributed by atoms with Gasteiger partial charge in [-0.25, -0.2) is 0 Å². The Hall–Kier alpha value is -5.50. The van der Waals surface area contributed by atoms with Crippen LogP contribution in [0.1, 0.15) is 100 Å². The molecule has 3 N–H and O–H groups in total. The molecule has 0 spiro atoms. The molecule has 3 aliphatic heterocycles. The lowest BCUT2D eigenvalue weighted by atomic mass is 9.63. The summed E-state index contributed by atoms with van der Waals surface area (Å²) in [5, 5.41) is 34.6. The van der Waals surface area contributed by atoms with E-state index in [1.54, 1.807) is 26.0 Å². The second-order valence-electron chi connectivity index (χ2n) is 14.5. The maximum Gasteiger partial charge on any atom is 0.193 e. The number of hydrogen-bond acceptors (Lipinski definition) is 8. The van der Waals surface area contributed by atoms with Crippen molar-refractivity contribution in [2.75, 3.05) is 0 Å². The maximum absolute atomic E-state index is 13.8. The highest BCUT2D eigenvalue weighted by atomic mass is 16.5. The van der Waals surface area contributed by atoms with E-state index in [4.69, 9.17) is 14.2 Å². The van der Waals surface area contributed by atoms with Gasteiger partial charge in [-0.15, -0.1) is 0 Å². The van der Waals surface area contributed by atoms with Crippen molar-refractivity contribution in [3.63, 3.8) is 0 Å². The molecule has 8 heteroatoms. The minimum atomic E-state index is -1.000. The van der Waals surface area contributed by atoms with Gasteiger partial charge in [0.15, 0.2) is 11.6 Å². The number of hydrogen-bond donors (Lipinski definition) is 3. The molecule has 256 valence electrons. The summed E-state index contributed by atoms with van der Waals surface area (Å²) in [5.41, 5.74) is 1.26. The molecule has 0 saturated heterocycles. The zero-order valence-corrected chi connectivity index (χ0v) is 28.9. The summed E-state index contributed by atoms with van der Waals surface area (Å²) < 4.78 is 20.0. The van der Waals surface area contributed by atoms with Crippen LogP contribution in [0.2, 0.25) is 0 Å². The van der Waals surface area contributed by atoms with Crippen LogP contribution in [0.15, 0.2) is 72.8 Å². The summed E-state index contributed by atoms with van der Waals surface area (Å²) in [5.74, 6) is -1.84. The van der Waals surface area contributed by atoms with Crippen molar-refractivity contribution < 1.29 is 39.1 Å². The van der Waals surface area contributed by atoms with E-state index in [0.29, 0.717) is 23.3 Å². The molecular weight excluding hydrogens is 632 g/mol. The fourth-order valence-electron chi connectivity index (χ4n) is 7.84. The minimum absolute atomic E-state index is 0.0503. The number of carbonyl (C=O) groups excluding carboxylic acids is 2. The molecule has 0 radical (unpaired) electrons. The molecule has 7 rings (SSSR count). The van der Waals surface area contributed by atoms with Crippen molar-refractivity contribution in [3.8, 4) is 34.5 Å². The van der Waals surface area contributed by atoms with Crippen LogP contribution < -0.4 is 14.2 Å². The lowest BCUT2D eigenvalue weighted by molar-refractivity contribution is -0.0860. The van der Waals surface area contributed by atoms with Crippen LogP contribution in [0.4, 0.5) is 0 Å². The summed E-state index contributed by atoms with van der Waals surface area (Å²) >= 11 is 0. The van der Waals surface area contributed by atoms with Gasteiger partial charge in [0.25, 0.3) is 0 Å². The van der Waals surface area contributed by atoms with Crippen LogP contribution in [-0.2, 0) is 0 Å².